The van der Waals surface area contributed by atoms with Crippen LogP contribution in [0.15, 0.2) is 74.8 Å². The summed E-state index contributed by atoms with van der Waals surface area (Å²) in [6.07, 6.45) is -4.69. The molecule has 2 saturated heterocycles. The molecule has 28 nitrogen and oxygen atoms in total. The molecule has 2 fully saturated rings. The number of carbonyl (C=O) groups is 3. The number of phosphoric acid groups is 2. The lowest BCUT2D eigenvalue weighted by Gasteiger charge is -2.19. The maximum atomic E-state index is 13.5. The van der Waals surface area contributed by atoms with E-state index in [1.165, 1.54) is 12.1 Å². The van der Waals surface area contributed by atoms with Crippen LogP contribution in [0.4, 0.5) is 10.5 Å². The van der Waals surface area contributed by atoms with Crippen LogP contribution in [0.1, 0.15) is 51.8 Å². The van der Waals surface area contributed by atoms with Gasteiger partial charge in [0, 0.05) is 79.6 Å². The molecule has 1 aliphatic carbocycles. The summed E-state index contributed by atoms with van der Waals surface area (Å²) >= 11 is 0. The molecule has 31 heteroatoms. The Labute approximate surface area is 436 Å². The molecule has 0 radical (unpaired) electrons. The number of aromatic nitrogens is 2. The summed E-state index contributed by atoms with van der Waals surface area (Å²) in [5, 5.41) is 36.6. The number of carbonyl (C=O) groups excluding carboxylic acids is 2. The fourth-order valence-electron chi connectivity index (χ4n) is 7.97. The van der Waals surface area contributed by atoms with Crippen LogP contribution >= 0.6 is 23.7 Å². The molecule has 4 heterocycles. The molecule has 77 heavy (non-hydrogen) atoms. The maximum absolute atomic E-state index is 13.5. The molecule has 2 aromatic carbocycles. The van der Waals surface area contributed by atoms with Crippen LogP contribution in [0.25, 0.3) is 33.4 Å². The number of ether oxygens (including phenoxy) is 4. The Morgan fingerprint density at radius 1 is 1.00 bits per heavy atom. The van der Waals surface area contributed by atoms with Crippen LogP contribution in [0.5, 0.6) is 0 Å². The van der Waals surface area contributed by atoms with Crippen molar-refractivity contribution in [2.45, 2.75) is 56.1 Å². The average molecular weight is 1130 g/mol. The highest BCUT2D eigenvalue weighted by atomic mass is 31.3. The number of nitrogens with one attached hydrogen (secondary N) is 3. The zero-order valence-corrected chi connectivity index (χ0v) is 44.0. The Kier molecular flexibility index (Phi) is 18.8. The van der Waals surface area contributed by atoms with Gasteiger partial charge in [-0.2, -0.15) is 9.20 Å². The molecular formula is C46H53N6O22P3+2. The molecule has 9 N–H and O–H groups in total. The lowest BCUT2D eigenvalue weighted by atomic mass is 9.89. The summed E-state index contributed by atoms with van der Waals surface area (Å²) in [4.78, 5) is 95.7. The summed E-state index contributed by atoms with van der Waals surface area (Å²) in [6, 6.07) is 12.9. The first-order valence-corrected chi connectivity index (χ1v) is 27.4. The van der Waals surface area contributed by atoms with Crippen molar-refractivity contribution in [3.63, 3.8) is 0 Å². The van der Waals surface area contributed by atoms with Gasteiger partial charge in [0.25, 0.3) is 11.5 Å². The number of aromatic carboxylic acids is 1. The molecule has 0 bridgehead atoms. The Hall–Kier alpha value is -6.50. The number of aliphatic hydroxyl groups excluding tert-OH is 2. The molecule has 9 unspecified atom stereocenters. The standard InChI is InChI=1S/C46H51N6O22P3/c1-50(2)27-8-12-31-35(19-27)71-36-20-28(51(3)4)9-13-32(36)40(31)33-18-25(7-11-30(33)43(56)57)41(54)47-16-17-67-39-14-10-29(70-39)23-68-45(59)48-15-5-6-26-22-52(44(58)49-42(26)55)38-21-34(53)37(72-38)24-69-76(63,64)74-77(65,66)73-46(60)75(61)62/h7-9,11-13,18-20,22,29,34,37-39,46,53,60H,10,14-17,21,23-24H2,1-4H3,(H5-2,47,48,49,54,55,56,57,58,59,61,62,63,64,65,66)/p+2. The number of hydrogen-bond donors (Lipinski definition) is 9. The van der Waals surface area contributed by atoms with Gasteiger partial charge in [0.1, 0.15) is 49.9 Å². The first kappa shape index (κ1) is 58.2. The number of benzene rings is 3. The van der Waals surface area contributed by atoms with Crippen LogP contribution in [-0.2, 0) is 46.0 Å². The van der Waals surface area contributed by atoms with Crippen molar-refractivity contribution in [3.8, 4) is 34.3 Å². The van der Waals surface area contributed by atoms with E-state index in [2.05, 4.69) is 35.8 Å². The average Bonchev–Trinajstić information content (AvgIpc) is 3.99. The normalized spacial score (nSPS) is 20.3. The van der Waals surface area contributed by atoms with Crippen molar-refractivity contribution in [2.75, 3.05) is 66.0 Å². The zero-order valence-electron chi connectivity index (χ0n) is 41.3. The first-order chi connectivity index (χ1) is 36.4. The Balaban J connectivity index is 0.866. The fraction of sp³-hybridized carbons (Fsp3) is 0.391. The van der Waals surface area contributed by atoms with Crippen LogP contribution in [0, 0.1) is 11.8 Å². The fourth-order valence-corrected chi connectivity index (χ4v) is 10.6. The lowest BCUT2D eigenvalue weighted by Crippen LogP contribution is -2.34. The number of amides is 2. The molecule has 3 aromatic rings. The quantitative estimate of drug-likeness (QED) is 0.0134. The van der Waals surface area contributed by atoms with Crippen molar-refractivity contribution in [1.29, 1.82) is 0 Å². The van der Waals surface area contributed by atoms with E-state index in [0.29, 0.717) is 46.3 Å². The third kappa shape index (κ3) is 15.0. The van der Waals surface area contributed by atoms with E-state index in [1.807, 2.05) is 79.0 Å². The van der Waals surface area contributed by atoms with Gasteiger partial charge in [-0.3, -0.25) is 23.7 Å². The van der Waals surface area contributed by atoms with Gasteiger partial charge >= 0.3 is 47.5 Å². The van der Waals surface area contributed by atoms with Crippen molar-refractivity contribution in [2.24, 2.45) is 0 Å². The Bertz CT molecular complexity index is 3400. The zero-order chi connectivity index (χ0) is 55.9. The molecule has 3 aliphatic heterocycles. The van der Waals surface area contributed by atoms with Crippen molar-refractivity contribution in [1.82, 2.24) is 24.8 Å². The van der Waals surface area contributed by atoms with E-state index < -0.39 is 96.4 Å². The summed E-state index contributed by atoms with van der Waals surface area (Å²) in [5.74, 6) is 3.90. The number of H-pyrrole nitrogens is 1. The van der Waals surface area contributed by atoms with Crippen LogP contribution in [0.2, 0.25) is 0 Å². The number of fused-ring (bicyclic) bond motifs is 2. The number of carboxylic acids is 1. The highest BCUT2D eigenvalue weighted by molar-refractivity contribution is 7.61. The third-order valence-corrected chi connectivity index (χ3v) is 15.0. The molecule has 0 saturated carbocycles. The number of anilines is 1. The van der Waals surface area contributed by atoms with Gasteiger partial charge in [0.15, 0.2) is 6.29 Å². The summed E-state index contributed by atoms with van der Waals surface area (Å²) in [5.41, 5.74) is 0.998. The Morgan fingerprint density at radius 2 is 1.77 bits per heavy atom. The SMILES string of the molecule is CN(C)c1ccc2c(-c3cc(C(=O)NCCOC4CCC(COC(=O)NCC#Cc5cn(C6CC(O)C(COP(=O)(O)OP(=O)(O)OC(O)[P+](=O)O)O6)c(=O)[nH]c5=O)O4)ccc3C(=O)O)c3ccc(=[N+](C)C)cc-3oc2c1. The lowest BCUT2D eigenvalue weighted by molar-refractivity contribution is -0.139. The summed E-state index contributed by atoms with van der Waals surface area (Å²) in [6.45, 7) is -1.31. The van der Waals surface area contributed by atoms with Gasteiger partial charge in [-0.25, -0.2) is 32.6 Å². The number of aromatic amines is 1. The number of alkyl carbamates (subject to hydrolysis) is 1. The summed E-state index contributed by atoms with van der Waals surface area (Å²) < 4.78 is 78.7. The Morgan fingerprint density at radius 3 is 2.48 bits per heavy atom. The monoisotopic (exact) mass is 1130 g/mol. The third-order valence-electron chi connectivity index (χ3n) is 11.7. The first-order valence-electron chi connectivity index (χ1n) is 23.1. The van der Waals surface area contributed by atoms with Gasteiger partial charge in [-0.15, -0.1) is 0 Å². The minimum atomic E-state index is -5.63. The molecule has 2 amide bonds. The van der Waals surface area contributed by atoms with Gasteiger partial charge in [-0.1, -0.05) is 11.8 Å². The van der Waals surface area contributed by atoms with E-state index in [1.54, 1.807) is 6.07 Å². The highest BCUT2D eigenvalue weighted by Gasteiger charge is 2.44. The molecule has 0 spiro atoms. The second-order valence-corrected chi connectivity index (χ2v) is 21.6. The highest BCUT2D eigenvalue weighted by Crippen LogP contribution is 2.62. The maximum Gasteiger partial charge on any atom is 0.570 e. The van der Waals surface area contributed by atoms with Crippen LogP contribution in [0.3, 0.4) is 0 Å². The minimum Gasteiger partial charge on any atom is -0.478 e. The molecule has 4 aliphatic rings. The topological polar surface area (TPSA) is 387 Å². The van der Waals surface area contributed by atoms with Gasteiger partial charge in [0.05, 0.1) is 43.6 Å². The van der Waals surface area contributed by atoms with E-state index in [4.69, 9.17) is 33.4 Å². The van der Waals surface area contributed by atoms with Crippen molar-refractivity contribution in [3.05, 3.63) is 104 Å². The number of rotatable bonds is 20. The van der Waals surface area contributed by atoms with Crippen LogP contribution < -0.4 is 36.7 Å². The summed E-state index contributed by atoms with van der Waals surface area (Å²) in [7, 11) is -7.08. The number of phosphoric ester groups is 2. The minimum absolute atomic E-state index is 0.00635. The number of aliphatic hydroxyl groups is 2. The molecule has 412 valence electrons. The number of hydrogen-bond acceptors (Lipinski definition) is 19. The van der Waals surface area contributed by atoms with Crippen molar-refractivity contribution < 1.29 is 94.8 Å². The smallest absolute Gasteiger partial charge is 0.478 e. The van der Waals surface area contributed by atoms with E-state index in [0.717, 1.165) is 21.8 Å². The largest absolute Gasteiger partial charge is 0.570 e. The second kappa shape index (κ2) is 24.9. The van der Waals surface area contributed by atoms with Gasteiger partial charge < -0.3 is 64.0 Å². The molecule has 9 atom stereocenters. The van der Waals surface area contributed by atoms with Crippen molar-refractivity contribution >= 4 is 58.3 Å². The molecular weight excluding hydrogens is 1080 g/mol. The van der Waals surface area contributed by atoms with E-state index >= 15 is 0 Å². The number of nitrogens with zero attached hydrogens (tertiary/aromatic N) is 3. The second-order valence-electron chi connectivity index (χ2n) is 17.5. The van der Waals surface area contributed by atoms with Gasteiger partial charge in [0.2, 0.25) is 5.36 Å². The van der Waals surface area contributed by atoms with Crippen LogP contribution in [-0.4, -0.2) is 149 Å². The van der Waals surface area contributed by atoms with Gasteiger partial charge in [-0.05, 0) is 52.9 Å². The molecule has 1 aromatic heterocycles. The molecule has 7 rings (SSSR count). The van der Waals surface area contributed by atoms with E-state index in [-0.39, 0.29) is 49.4 Å². The van der Waals surface area contributed by atoms with E-state index in [9.17, 15) is 57.7 Å². The predicted molar refractivity (Wildman–Crippen MR) is 269 cm³/mol. The number of carboxylic acid groups (broad SMARTS) is 1. The predicted octanol–water partition coefficient (Wildman–Crippen LogP) is 1.79.